The summed E-state index contributed by atoms with van der Waals surface area (Å²) < 4.78 is 0. The Hall–Kier alpha value is -1.46. The van der Waals surface area contributed by atoms with E-state index >= 15 is 0 Å². The summed E-state index contributed by atoms with van der Waals surface area (Å²) in [7, 11) is 0. The standard InChI is InChI=1S/C26H54N4O2/c1-3-5-7-9-11-13-17-21-27-25(31)29-23-19-15-16-20-24-30-26(32)28-22-18-14-12-10-8-6-4-2/h3-24H2,1-2H3,(H2,27,29,31)(H2,28,30,32). The van der Waals surface area contributed by atoms with Crippen LogP contribution in [0.25, 0.3) is 0 Å². The predicted octanol–water partition coefficient (Wildman–Crippen LogP) is 6.65. The summed E-state index contributed by atoms with van der Waals surface area (Å²) in [5, 5.41) is 11.7. The lowest BCUT2D eigenvalue weighted by molar-refractivity contribution is 0.239. The highest BCUT2D eigenvalue weighted by Crippen LogP contribution is 2.07. The van der Waals surface area contributed by atoms with Crippen molar-refractivity contribution in [3.63, 3.8) is 0 Å². The highest BCUT2D eigenvalue weighted by molar-refractivity contribution is 5.74. The van der Waals surface area contributed by atoms with E-state index < -0.39 is 0 Å². The van der Waals surface area contributed by atoms with Gasteiger partial charge in [-0.3, -0.25) is 0 Å². The molecule has 0 aliphatic rings. The van der Waals surface area contributed by atoms with Gasteiger partial charge in [-0.1, -0.05) is 104 Å². The molecule has 0 heterocycles. The molecule has 32 heavy (non-hydrogen) atoms. The molecule has 0 saturated carbocycles. The molecule has 0 rings (SSSR count). The van der Waals surface area contributed by atoms with Crippen molar-refractivity contribution in [1.29, 1.82) is 0 Å². The molecule has 0 spiro atoms. The number of amides is 4. The fourth-order valence-corrected chi connectivity index (χ4v) is 3.70. The monoisotopic (exact) mass is 454 g/mol. The summed E-state index contributed by atoms with van der Waals surface area (Å²) in [6.07, 6.45) is 21.8. The maximum absolute atomic E-state index is 11.7. The Balaban J connectivity index is 3.25. The number of carbonyl (C=O) groups excluding carboxylic acids is 2. The van der Waals surface area contributed by atoms with Crippen LogP contribution in [0.2, 0.25) is 0 Å². The minimum Gasteiger partial charge on any atom is -0.338 e. The lowest BCUT2D eigenvalue weighted by Gasteiger charge is -2.09. The summed E-state index contributed by atoms with van der Waals surface area (Å²) in [5.41, 5.74) is 0. The van der Waals surface area contributed by atoms with Crippen molar-refractivity contribution in [1.82, 2.24) is 21.3 Å². The van der Waals surface area contributed by atoms with Crippen molar-refractivity contribution in [3.8, 4) is 0 Å². The Morgan fingerprint density at radius 1 is 0.375 bits per heavy atom. The van der Waals surface area contributed by atoms with Crippen LogP contribution in [0.1, 0.15) is 129 Å². The summed E-state index contributed by atoms with van der Waals surface area (Å²) >= 11 is 0. The highest BCUT2D eigenvalue weighted by Gasteiger charge is 2.00. The molecule has 0 radical (unpaired) electrons. The molecular formula is C26H54N4O2. The molecule has 4 N–H and O–H groups in total. The average molecular weight is 455 g/mol. The zero-order chi connectivity index (χ0) is 23.5. The van der Waals surface area contributed by atoms with E-state index in [2.05, 4.69) is 35.1 Å². The summed E-state index contributed by atoms with van der Waals surface area (Å²) in [5.74, 6) is 0. The topological polar surface area (TPSA) is 82.3 Å². The van der Waals surface area contributed by atoms with Gasteiger partial charge in [-0.05, 0) is 25.7 Å². The number of hydrogen-bond donors (Lipinski definition) is 4. The molecule has 0 aromatic carbocycles. The first-order valence-corrected chi connectivity index (χ1v) is 13.7. The smallest absolute Gasteiger partial charge is 0.314 e. The number of urea groups is 2. The lowest BCUT2D eigenvalue weighted by atomic mass is 10.1. The molecular weight excluding hydrogens is 400 g/mol. The van der Waals surface area contributed by atoms with E-state index in [0.29, 0.717) is 0 Å². The van der Waals surface area contributed by atoms with Crippen LogP contribution in [-0.2, 0) is 0 Å². The number of rotatable bonds is 23. The van der Waals surface area contributed by atoms with Crippen LogP contribution in [-0.4, -0.2) is 38.2 Å². The van der Waals surface area contributed by atoms with Crippen molar-refractivity contribution in [3.05, 3.63) is 0 Å². The molecule has 0 fully saturated rings. The third-order valence-corrected chi connectivity index (χ3v) is 5.81. The summed E-state index contributed by atoms with van der Waals surface area (Å²) in [6, 6.07) is -0.0921. The Kier molecular flexibility index (Phi) is 24.6. The van der Waals surface area contributed by atoms with Crippen LogP contribution in [0.3, 0.4) is 0 Å². The lowest BCUT2D eigenvalue weighted by Crippen LogP contribution is -2.36. The van der Waals surface area contributed by atoms with Crippen LogP contribution in [0.15, 0.2) is 0 Å². The van der Waals surface area contributed by atoms with E-state index in [1.165, 1.54) is 77.0 Å². The minimum atomic E-state index is -0.0460. The van der Waals surface area contributed by atoms with E-state index in [-0.39, 0.29) is 12.1 Å². The fraction of sp³-hybridized carbons (Fsp3) is 0.923. The second-order valence-corrected chi connectivity index (χ2v) is 9.02. The van der Waals surface area contributed by atoms with Gasteiger partial charge in [0.2, 0.25) is 0 Å². The van der Waals surface area contributed by atoms with Gasteiger partial charge < -0.3 is 21.3 Å². The highest BCUT2D eigenvalue weighted by atomic mass is 16.2. The van der Waals surface area contributed by atoms with Crippen molar-refractivity contribution in [2.45, 2.75) is 129 Å². The average Bonchev–Trinajstić information content (AvgIpc) is 2.79. The van der Waals surface area contributed by atoms with Crippen molar-refractivity contribution < 1.29 is 9.59 Å². The first-order valence-electron chi connectivity index (χ1n) is 13.7. The molecule has 190 valence electrons. The third kappa shape index (κ3) is 24.8. The molecule has 0 aromatic rings. The molecule has 0 atom stereocenters. The maximum Gasteiger partial charge on any atom is 0.314 e. The molecule has 0 saturated heterocycles. The van der Waals surface area contributed by atoms with E-state index in [4.69, 9.17) is 0 Å². The van der Waals surface area contributed by atoms with E-state index in [9.17, 15) is 9.59 Å². The first kappa shape index (κ1) is 30.5. The number of hydrogen-bond acceptors (Lipinski definition) is 2. The molecule has 0 bridgehead atoms. The minimum absolute atomic E-state index is 0.0460. The Bertz CT molecular complexity index is 381. The second-order valence-electron chi connectivity index (χ2n) is 9.02. The van der Waals surface area contributed by atoms with Gasteiger partial charge in [-0.25, -0.2) is 9.59 Å². The molecule has 0 aromatic heterocycles. The molecule has 0 aliphatic heterocycles. The Morgan fingerprint density at radius 3 is 0.844 bits per heavy atom. The summed E-state index contributed by atoms with van der Waals surface area (Å²) in [6.45, 7) is 7.45. The van der Waals surface area contributed by atoms with Gasteiger partial charge in [0.25, 0.3) is 0 Å². The van der Waals surface area contributed by atoms with Gasteiger partial charge in [0.1, 0.15) is 0 Å². The molecule has 4 amide bonds. The van der Waals surface area contributed by atoms with Crippen LogP contribution < -0.4 is 21.3 Å². The van der Waals surface area contributed by atoms with Gasteiger partial charge in [-0.15, -0.1) is 0 Å². The van der Waals surface area contributed by atoms with Crippen molar-refractivity contribution >= 4 is 12.1 Å². The van der Waals surface area contributed by atoms with E-state index in [1.54, 1.807) is 0 Å². The molecule has 0 unspecified atom stereocenters. The SMILES string of the molecule is CCCCCCCCCNC(=O)NCCCCCCNC(=O)NCCCCCCCCC. The van der Waals surface area contributed by atoms with Gasteiger partial charge in [-0.2, -0.15) is 0 Å². The van der Waals surface area contributed by atoms with Gasteiger partial charge in [0.05, 0.1) is 0 Å². The largest absolute Gasteiger partial charge is 0.338 e. The molecule has 6 nitrogen and oxygen atoms in total. The van der Waals surface area contributed by atoms with Gasteiger partial charge >= 0.3 is 12.1 Å². The number of nitrogens with one attached hydrogen (secondary N) is 4. The maximum atomic E-state index is 11.7. The van der Waals surface area contributed by atoms with Crippen LogP contribution >= 0.6 is 0 Å². The second kappa shape index (κ2) is 25.8. The third-order valence-electron chi connectivity index (χ3n) is 5.81. The molecule has 6 heteroatoms. The number of carbonyl (C=O) groups is 2. The predicted molar refractivity (Wildman–Crippen MR) is 137 cm³/mol. The molecule has 0 aliphatic carbocycles. The number of unbranched alkanes of at least 4 members (excludes halogenated alkanes) is 15. The van der Waals surface area contributed by atoms with Crippen molar-refractivity contribution in [2.75, 3.05) is 26.2 Å². The first-order chi connectivity index (χ1) is 15.7. The quantitative estimate of drug-likeness (QED) is 0.130. The summed E-state index contributed by atoms with van der Waals surface area (Å²) in [4.78, 5) is 23.5. The van der Waals surface area contributed by atoms with Gasteiger partial charge in [0.15, 0.2) is 0 Å². The van der Waals surface area contributed by atoms with Crippen LogP contribution in [0.4, 0.5) is 9.59 Å². The Morgan fingerprint density at radius 2 is 0.594 bits per heavy atom. The Labute approximate surface area is 198 Å². The van der Waals surface area contributed by atoms with E-state index in [1.807, 2.05) is 0 Å². The van der Waals surface area contributed by atoms with Gasteiger partial charge in [0, 0.05) is 26.2 Å². The van der Waals surface area contributed by atoms with Crippen LogP contribution in [0, 0.1) is 0 Å². The fourth-order valence-electron chi connectivity index (χ4n) is 3.70. The van der Waals surface area contributed by atoms with E-state index in [0.717, 1.165) is 64.7 Å². The zero-order valence-electron chi connectivity index (χ0n) is 21.4. The zero-order valence-corrected chi connectivity index (χ0v) is 21.4. The van der Waals surface area contributed by atoms with Crippen molar-refractivity contribution in [2.24, 2.45) is 0 Å². The normalized spacial score (nSPS) is 10.7. The van der Waals surface area contributed by atoms with Crippen LogP contribution in [0.5, 0.6) is 0 Å².